The first-order valence-electron chi connectivity index (χ1n) is 11.1. The summed E-state index contributed by atoms with van der Waals surface area (Å²) in [5, 5.41) is 12.3. The van der Waals surface area contributed by atoms with E-state index in [1.807, 2.05) is 18.2 Å². The second-order valence-electron chi connectivity index (χ2n) is 10.2. The highest BCUT2D eigenvalue weighted by Gasteiger charge is 2.31. The molecule has 0 saturated carbocycles. The molecule has 184 valence electrons. The summed E-state index contributed by atoms with van der Waals surface area (Å²) >= 11 is 0.727. The normalized spacial score (nSPS) is 17.5. The average Bonchev–Trinajstić information content (AvgIpc) is 3.05. The third kappa shape index (κ3) is 5.26. The van der Waals surface area contributed by atoms with Gasteiger partial charge in [0, 0.05) is 0 Å². The van der Waals surface area contributed by atoms with Crippen molar-refractivity contribution in [2.24, 2.45) is 0 Å². The molecule has 2 aliphatic rings. The number of fused-ring (bicyclic) bond motifs is 1. The van der Waals surface area contributed by atoms with Gasteiger partial charge in [0.15, 0.2) is 18.2 Å². The molecule has 2 aliphatic heterocycles. The van der Waals surface area contributed by atoms with Crippen molar-refractivity contribution in [3.8, 4) is 5.75 Å². The Hall–Kier alpha value is -3.17. The van der Waals surface area contributed by atoms with Crippen LogP contribution in [0.15, 0.2) is 35.2 Å². The number of nitrogens with zero attached hydrogens (tertiary/aromatic N) is 1. The van der Waals surface area contributed by atoms with Gasteiger partial charge in [0.1, 0.15) is 0 Å². The van der Waals surface area contributed by atoms with E-state index in [0.717, 1.165) is 22.9 Å². The number of carbonyl (C=O) groups excluding carboxylic acids is 3. The first-order valence-corrected chi connectivity index (χ1v) is 11.9. The molecule has 0 aliphatic carbocycles. The Kier molecular flexibility index (Phi) is 6.27. The average molecular weight is 499 g/mol. The summed E-state index contributed by atoms with van der Waals surface area (Å²) in [6.07, 6.45) is 1.40. The summed E-state index contributed by atoms with van der Waals surface area (Å²) in [4.78, 5) is 37.9. The summed E-state index contributed by atoms with van der Waals surface area (Å²) in [7, 11) is 0. The van der Waals surface area contributed by atoms with Gasteiger partial charge in [-0.2, -0.15) is 0 Å². The molecular formula is C26H27FN2O5S. The lowest BCUT2D eigenvalue weighted by Gasteiger charge is -2.31. The Morgan fingerprint density at radius 3 is 2.37 bits per heavy atom. The summed E-state index contributed by atoms with van der Waals surface area (Å²) < 4.78 is 20.3. The number of nitrogens with one attached hydrogen (secondary N) is 1. The highest BCUT2D eigenvalue weighted by molar-refractivity contribution is 8.18. The lowest BCUT2D eigenvalue weighted by Crippen LogP contribution is -2.38. The number of ether oxygens (including phenoxy) is 1. The lowest BCUT2D eigenvalue weighted by molar-refractivity contribution is -0.121. The summed E-state index contributed by atoms with van der Waals surface area (Å²) in [6.45, 7) is 9.41. The molecule has 0 spiro atoms. The fraction of sp³-hybridized carbons (Fsp3) is 0.346. The van der Waals surface area contributed by atoms with Crippen molar-refractivity contribution in [2.75, 3.05) is 11.5 Å². The molecule has 2 aromatic rings. The number of carbonyl (C=O) groups is 3. The van der Waals surface area contributed by atoms with Gasteiger partial charge < -0.3 is 14.7 Å². The number of anilines is 1. The molecule has 7 nitrogen and oxygen atoms in total. The Morgan fingerprint density at radius 1 is 1.09 bits per heavy atom. The molecule has 2 N–H and O–H groups in total. The van der Waals surface area contributed by atoms with Crippen LogP contribution in [0.1, 0.15) is 56.9 Å². The standard InChI is InChI=1S/C26H27FN2O5S/c1-25(2,3)16-6-15(7-17(11-16)26(4,5)33)12-29-19-9-14(10-20-23(31)28-24(32)35-20)8-18(27)22(19)34-13-21(29)30/h6-11,33H,12-13H2,1-5H3,(H,28,31,32)/b20-10-. The van der Waals surface area contributed by atoms with Gasteiger partial charge >= 0.3 is 0 Å². The van der Waals surface area contributed by atoms with E-state index in [4.69, 9.17) is 4.74 Å². The highest BCUT2D eigenvalue weighted by atomic mass is 32.2. The predicted molar refractivity (Wildman–Crippen MR) is 133 cm³/mol. The SMILES string of the molecule is CC(C)(C)c1cc(CN2C(=O)COc3c(F)cc(/C=C4\SC(=O)NC4=O)cc32)cc(C(C)(C)O)c1. The van der Waals surface area contributed by atoms with Crippen molar-refractivity contribution in [3.05, 3.63) is 63.3 Å². The third-order valence-electron chi connectivity index (χ3n) is 5.82. The first-order chi connectivity index (χ1) is 16.2. The number of halogens is 1. The van der Waals surface area contributed by atoms with Crippen LogP contribution in [-0.2, 0) is 27.1 Å². The van der Waals surface area contributed by atoms with Gasteiger partial charge in [-0.1, -0.05) is 39.0 Å². The summed E-state index contributed by atoms with van der Waals surface area (Å²) in [5.41, 5.74) is 1.73. The van der Waals surface area contributed by atoms with E-state index >= 15 is 0 Å². The maximum Gasteiger partial charge on any atom is 0.290 e. The molecule has 0 atom stereocenters. The van der Waals surface area contributed by atoms with Gasteiger partial charge in [-0.15, -0.1) is 0 Å². The van der Waals surface area contributed by atoms with Crippen LogP contribution in [0, 0.1) is 5.82 Å². The van der Waals surface area contributed by atoms with E-state index in [-0.39, 0.29) is 40.8 Å². The van der Waals surface area contributed by atoms with Crippen molar-refractivity contribution in [2.45, 2.75) is 52.2 Å². The maximum atomic E-state index is 15.0. The topological polar surface area (TPSA) is 95.9 Å². The fourth-order valence-corrected chi connectivity index (χ4v) is 4.55. The number of thioether (sulfide) groups is 1. The molecule has 0 radical (unpaired) electrons. The largest absolute Gasteiger partial charge is 0.478 e. The number of benzene rings is 2. The van der Waals surface area contributed by atoms with E-state index in [9.17, 15) is 23.9 Å². The molecule has 2 heterocycles. The Labute approximate surface area is 207 Å². The monoisotopic (exact) mass is 498 g/mol. The van der Waals surface area contributed by atoms with Crippen molar-refractivity contribution >= 4 is 40.6 Å². The summed E-state index contributed by atoms with van der Waals surface area (Å²) in [6, 6.07) is 8.52. The zero-order valence-corrected chi connectivity index (χ0v) is 21.0. The zero-order chi connectivity index (χ0) is 25.7. The summed E-state index contributed by atoms with van der Waals surface area (Å²) in [5.74, 6) is -1.64. The van der Waals surface area contributed by atoms with E-state index in [2.05, 4.69) is 26.1 Å². The van der Waals surface area contributed by atoms with Gasteiger partial charge in [-0.05, 0) is 71.5 Å². The zero-order valence-electron chi connectivity index (χ0n) is 20.2. The third-order valence-corrected chi connectivity index (χ3v) is 6.63. The van der Waals surface area contributed by atoms with Crippen LogP contribution in [0.4, 0.5) is 14.9 Å². The van der Waals surface area contributed by atoms with E-state index < -0.39 is 22.6 Å². The Bertz CT molecular complexity index is 1240. The predicted octanol–water partition coefficient (Wildman–Crippen LogP) is 4.60. The fourth-order valence-electron chi connectivity index (χ4n) is 3.87. The smallest absolute Gasteiger partial charge is 0.290 e. The lowest BCUT2D eigenvalue weighted by atomic mass is 9.82. The second kappa shape index (κ2) is 8.80. The molecule has 4 rings (SSSR count). The second-order valence-corrected chi connectivity index (χ2v) is 11.2. The van der Waals surface area contributed by atoms with Crippen LogP contribution in [0.3, 0.4) is 0 Å². The van der Waals surface area contributed by atoms with Crippen molar-refractivity contribution in [1.82, 2.24) is 5.32 Å². The number of imide groups is 1. The van der Waals surface area contributed by atoms with E-state index in [1.165, 1.54) is 17.0 Å². The quantitative estimate of drug-likeness (QED) is 0.598. The van der Waals surface area contributed by atoms with Crippen LogP contribution in [0.25, 0.3) is 6.08 Å². The molecule has 9 heteroatoms. The number of hydrogen-bond acceptors (Lipinski definition) is 6. The minimum atomic E-state index is -1.09. The van der Waals surface area contributed by atoms with Crippen LogP contribution >= 0.6 is 11.8 Å². The number of amides is 3. The Morgan fingerprint density at radius 2 is 1.77 bits per heavy atom. The van der Waals surface area contributed by atoms with Crippen LogP contribution < -0.4 is 15.0 Å². The molecule has 0 bridgehead atoms. The van der Waals surface area contributed by atoms with Crippen LogP contribution in [0.5, 0.6) is 5.75 Å². The number of aliphatic hydroxyl groups is 1. The van der Waals surface area contributed by atoms with Gasteiger partial charge in [0.2, 0.25) is 0 Å². The molecule has 2 aromatic carbocycles. The van der Waals surface area contributed by atoms with Gasteiger partial charge in [0.05, 0.1) is 22.7 Å². The van der Waals surface area contributed by atoms with E-state index in [1.54, 1.807) is 19.9 Å². The van der Waals surface area contributed by atoms with Gasteiger partial charge in [-0.25, -0.2) is 4.39 Å². The van der Waals surface area contributed by atoms with Crippen LogP contribution in [-0.4, -0.2) is 28.8 Å². The highest BCUT2D eigenvalue weighted by Crippen LogP contribution is 2.39. The molecule has 1 fully saturated rings. The minimum absolute atomic E-state index is 0.0546. The van der Waals surface area contributed by atoms with Crippen molar-refractivity contribution in [1.29, 1.82) is 0 Å². The molecular weight excluding hydrogens is 471 g/mol. The molecule has 3 amide bonds. The number of hydrogen-bond donors (Lipinski definition) is 2. The van der Waals surface area contributed by atoms with E-state index in [0.29, 0.717) is 11.1 Å². The molecule has 35 heavy (non-hydrogen) atoms. The van der Waals surface area contributed by atoms with Crippen molar-refractivity contribution in [3.63, 3.8) is 0 Å². The van der Waals surface area contributed by atoms with Gasteiger partial charge in [-0.3, -0.25) is 19.7 Å². The molecule has 1 saturated heterocycles. The van der Waals surface area contributed by atoms with Crippen LogP contribution in [0.2, 0.25) is 0 Å². The first kappa shape index (κ1) is 24.9. The minimum Gasteiger partial charge on any atom is -0.478 e. The number of rotatable bonds is 4. The molecule has 0 aromatic heterocycles. The Balaban J connectivity index is 1.77. The van der Waals surface area contributed by atoms with Gasteiger partial charge in [0.25, 0.3) is 17.1 Å². The van der Waals surface area contributed by atoms with Crippen molar-refractivity contribution < 1.29 is 28.6 Å². The molecule has 0 unspecified atom stereocenters. The maximum absolute atomic E-state index is 15.0.